The van der Waals surface area contributed by atoms with Crippen molar-refractivity contribution in [1.29, 1.82) is 0 Å². The monoisotopic (exact) mass is 480 g/mol. The lowest BCUT2D eigenvalue weighted by molar-refractivity contribution is -0.122. The standard InChI is InChI=1S/C22H19ClF2N2O4S/c23-17-9-11-19(12-10-17)32(29,30)27(20(21(26)28)16-6-2-1-3-7-16)14-15-5-4-8-18(13-15)31-22(24)25/h1-13,20,22H,14H2,(H2,26,28)/t20-/m1/s1. The number of nitrogens with zero attached hydrogens (tertiary/aromatic N) is 1. The van der Waals surface area contributed by atoms with Crippen molar-refractivity contribution in [2.75, 3.05) is 0 Å². The van der Waals surface area contributed by atoms with E-state index in [1.54, 1.807) is 30.3 Å². The van der Waals surface area contributed by atoms with Gasteiger partial charge in [-0.1, -0.05) is 54.1 Å². The molecule has 0 heterocycles. The number of carbonyl (C=O) groups excluding carboxylic acids is 1. The number of hydrogen-bond acceptors (Lipinski definition) is 4. The van der Waals surface area contributed by atoms with Gasteiger partial charge in [0.2, 0.25) is 15.9 Å². The van der Waals surface area contributed by atoms with Crippen LogP contribution in [-0.4, -0.2) is 25.2 Å². The second-order valence-electron chi connectivity index (χ2n) is 6.75. The first-order chi connectivity index (χ1) is 15.2. The Labute approximate surface area is 189 Å². The van der Waals surface area contributed by atoms with Crippen molar-refractivity contribution in [2.45, 2.75) is 24.1 Å². The molecule has 0 saturated carbocycles. The number of nitrogens with two attached hydrogens (primary N) is 1. The molecule has 0 aromatic heterocycles. The van der Waals surface area contributed by atoms with Gasteiger partial charge in [-0.2, -0.15) is 13.1 Å². The Morgan fingerprint density at radius 1 is 1.00 bits per heavy atom. The highest BCUT2D eigenvalue weighted by atomic mass is 35.5. The van der Waals surface area contributed by atoms with Gasteiger partial charge in [-0.15, -0.1) is 0 Å². The molecule has 0 saturated heterocycles. The van der Waals surface area contributed by atoms with Crippen molar-refractivity contribution in [2.24, 2.45) is 5.73 Å². The lowest BCUT2D eigenvalue weighted by Crippen LogP contribution is -2.41. The zero-order valence-corrected chi connectivity index (χ0v) is 18.1. The minimum absolute atomic E-state index is 0.107. The number of carbonyl (C=O) groups is 1. The van der Waals surface area contributed by atoms with E-state index in [1.807, 2.05) is 0 Å². The number of halogens is 3. The Hall–Kier alpha value is -3.01. The predicted octanol–water partition coefficient (Wildman–Crippen LogP) is 4.36. The zero-order chi connectivity index (χ0) is 23.3. The van der Waals surface area contributed by atoms with E-state index in [2.05, 4.69) is 4.74 Å². The average Bonchev–Trinajstić information content (AvgIpc) is 2.74. The van der Waals surface area contributed by atoms with Gasteiger partial charge in [0.15, 0.2) is 0 Å². The maximum atomic E-state index is 13.6. The fourth-order valence-corrected chi connectivity index (χ4v) is 4.86. The van der Waals surface area contributed by atoms with Gasteiger partial charge in [-0.05, 0) is 47.5 Å². The Morgan fingerprint density at radius 2 is 1.66 bits per heavy atom. The molecule has 0 bridgehead atoms. The number of rotatable bonds is 9. The molecular weight excluding hydrogens is 462 g/mol. The number of primary amides is 1. The van der Waals surface area contributed by atoms with Gasteiger partial charge in [0.25, 0.3) is 0 Å². The van der Waals surface area contributed by atoms with Crippen LogP contribution in [0.1, 0.15) is 17.2 Å². The van der Waals surface area contributed by atoms with E-state index in [0.717, 1.165) is 4.31 Å². The van der Waals surface area contributed by atoms with Gasteiger partial charge in [-0.3, -0.25) is 4.79 Å². The molecule has 3 aromatic rings. The van der Waals surface area contributed by atoms with Crippen molar-refractivity contribution >= 4 is 27.5 Å². The van der Waals surface area contributed by atoms with Gasteiger partial charge < -0.3 is 10.5 Å². The van der Waals surface area contributed by atoms with E-state index >= 15 is 0 Å². The maximum absolute atomic E-state index is 13.6. The van der Waals surface area contributed by atoms with Gasteiger partial charge >= 0.3 is 6.61 Å². The summed E-state index contributed by atoms with van der Waals surface area (Å²) in [5.74, 6) is -1.04. The van der Waals surface area contributed by atoms with Crippen molar-refractivity contribution < 1.29 is 26.7 Å². The van der Waals surface area contributed by atoms with Crippen LogP contribution in [0.15, 0.2) is 83.8 Å². The molecular formula is C22H19ClF2N2O4S. The molecule has 1 amide bonds. The van der Waals surface area contributed by atoms with E-state index in [1.165, 1.54) is 48.5 Å². The van der Waals surface area contributed by atoms with Crippen molar-refractivity contribution in [3.05, 3.63) is 95.0 Å². The summed E-state index contributed by atoms with van der Waals surface area (Å²) in [4.78, 5) is 12.3. The molecule has 3 rings (SSSR count). The number of benzene rings is 3. The van der Waals surface area contributed by atoms with Crippen LogP contribution in [0, 0.1) is 0 Å². The highest BCUT2D eigenvalue weighted by molar-refractivity contribution is 7.89. The highest BCUT2D eigenvalue weighted by Crippen LogP contribution is 2.31. The minimum atomic E-state index is -4.26. The summed E-state index contributed by atoms with van der Waals surface area (Å²) >= 11 is 5.88. The lowest BCUT2D eigenvalue weighted by Gasteiger charge is -2.29. The molecule has 10 heteroatoms. The Bertz CT molecular complexity index is 1180. The number of sulfonamides is 1. The Morgan fingerprint density at radius 3 is 2.25 bits per heavy atom. The summed E-state index contributed by atoms with van der Waals surface area (Å²) in [5.41, 5.74) is 6.31. The average molecular weight is 481 g/mol. The molecule has 168 valence electrons. The van der Waals surface area contributed by atoms with E-state index < -0.39 is 28.6 Å². The second-order valence-corrected chi connectivity index (χ2v) is 9.07. The summed E-state index contributed by atoms with van der Waals surface area (Å²) < 4.78 is 57.7. The summed E-state index contributed by atoms with van der Waals surface area (Å²) in [6, 6.07) is 17.8. The SMILES string of the molecule is NC(=O)[C@@H](c1ccccc1)N(Cc1cccc(OC(F)F)c1)S(=O)(=O)c1ccc(Cl)cc1. The van der Waals surface area contributed by atoms with Gasteiger partial charge in [-0.25, -0.2) is 8.42 Å². The van der Waals surface area contributed by atoms with Crippen LogP contribution in [0.2, 0.25) is 5.02 Å². The first-order valence-electron chi connectivity index (χ1n) is 9.34. The molecule has 0 fully saturated rings. The smallest absolute Gasteiger partial charge is 0.387 e. The number of alkyl halides is 2. The van der Waals surface area contributed by atoms with E-state index in [9.17, 15) is 22.0 Å². The quantitative estimate of drug-likeness (QED) is 0.492. The zero-order valence-electron chi connectivity index (χ0n) is 16.6. The normalized spacial score (nSPS) is 12.7. The van der Waals surface area contributed by atoms with Crippen LogP contribution in [0.4, 0.5) is 8.78 Å². The minimum Gasteiger partial charge on any atom is -0.435 e. The molecule has 0 radical (unpaired) electrons. The third kappa shape index (κ3) is 5.61. The third-order valence-corrected chi connectivity index (χ3v) is 6.63. The maximum Gasteiger partial charge on any atom is 0.387 e. The van der Waals surface area contributed by atoms with Crippen LogP contribution in [-0.2, 0) is 21.4 Å². The highest BCUT2D eigenvalue weighted by Gasteiger charge is 2.36. The summed E-state index contributed by atoms with van der Waals surface area (Å²) in [6.45, 7) is -3.37. The van der Waals surface area contributed by atoms with Crippen LogP contribution < -0.4 is 10.5 Å². The van der Waals surface area contributed by atoms with Crippen molar-refractivity contribution in [3.63, 3.8) is 0 Å². The van der Waals surface area contributed by atoms with Gasteiger partial charge in [0, 0.05) is 11.6 Å². The van der Waals surface area contributed by atoms with Gasteiger partial charge in [0.1, 0.15) is 11.8 Å². The van der Waals surface area contributed by atoms with Crippen LogP contribution in [0.5, 0.6) is 5.75 Å². The molecule has 0 aliphatic rings. The molecule has 2 N–H and O–H groups in total. The first kappa shape index (κ1) is 23.6. The second kappa shape index (κ2) is 10.1. The van der Waals surface area contributed by atoms with E-state index in [0.29, 0.717) is 16.1 Å². The van der Waals surface area contributed by atoms with Gasteiger partial charge in [0.05, 0.1) is 4.90 Å². The summed E-state index contributed by atoms with van der Waals surface area (Å²) in [5, 5.41) is 0.335. The molecule has 0 aliphatic carbocycles. The summed E-state index contributed by atoms with van der Waals surface area (Å²) in [6.07, 6.45) is 0. The predicted molar refractivity (Wildman–Crippen MR) is 116 cm³/mol. The largest absolute Gasteiger partial charge is 0.435 e. The van der Waals surface area contributed by atoms with E-state index in [-0.39, 0.29) is 17.2 Å². The molecule has 3 aromatic carbocycles. The molecule has 0 spiro atoms. The summed E-state index contributed by atoms with van der Waals surface area (Å²) in [7, 11) is -4.26. The molecule has 0 aliphatic heterocycles. The molecule has 6 nitrogen and oxygen atoms in total. The fraction of sp³-hybridized carbons (Fsp3) is 0.136. The van der Waals surface area contributed by atoms with Crippen LogP contribution in [0.3, 0.4) is 0 Å². The fourth-order valence-electron chi connectivity index (χ4n) is 3.16. The van der Waals surface area contributed by atoms with Crippen molar-refractivity contribution in [3.8, 4) is 5.75 Å². The lowest BCUT2D eigenvalue weighted by atomic mass is 10.1. The topological polar surface area (TPSA) is 89.7 Å². The van der Waals surface area contributed by atoms with Crippen LogP contribution >= 0.6 is 11.6 Å². The molecule has 1 atom stereocenters. The Balaban J connectivity index is 2.11. The number of hydrogen-bond donors (Lipinski definition) is 1. The molecule has 32 heavy (non-hydrogen) atoms. The van der Waals surface area contributed by atoms with E-state index in [4.69, 9.17) is 17.3 Å². The number of ether oxygens (including phenoxy) is 1. The van der Waals surface area contributed by atoms with Crippen molar-refractivity contribution in [1.82, 2.24) is 4.31 Å². The number of amides is 1. The molecule has 0 unspecified atom stereocenters. The first-order valence-corrected chi connectivity index (χ1v) is 11.2. The van der Waals surface area contributed by atoms with Crippen LogP contribution in [0.25, 0.3) is 0 Å². The third-order valence-electron chi connectivity index (χ3n) is 4.56. The Kier molecular flexibility index (Phi) is 7.44.